The fourth-order valence-electron chi connectivity index (χ4n) is 3.34. The molecule has 0 aromatic carbocycles. The van der Waals surface area contributed by atoms with E-state index in [0.29, 0.717) is 17.2 Å². The molecule has 18 heavy (non-hydrogen) atoms. The number of nitrogens with zero attached hydrogens (tertiary/aromatic N) is 1. The molecule has 1 aliphatic carbocycles. The van der Waals surface area contributed by atoms with Gasteiger partial charge >= 0.3 is 0 Å². The highest BCUT2D eigenvalue weighted by Crippen LogP contribution is 2.45. The van der Waals surface area contributed by atoms with Crippen molar-refractivity contribution in [3.8, 4) is 0 Å². The molecule has 1 amide bonds. The summed E-state index contributed by atoms with van der Waals surface area (Å²) in [6.07, 6.45) is 6.48. The minimum Gasteiger partial charge on any atom is -0.325 e. The molecule has 2 unspecified atom stereocenters. The molecule has 0 aromatic rings. The van der Waals surface area contributed by atoms with Gasteiger partial charge in [0.05, 0.1) is 12.2 Å². The van der Waals surface area contributed by atoms with Crippen molar-refractivity contribution in [1.82, 2.24) is 10.2 Å². The number of carbonyl (C=O) groups excluding carboxylic acids is 1. The zero-order valence-electron chi connectivity index (χ0n) is 12.3. The molecule has 0 bridgehead atoms. The third kappa shape index (κ3) is 2.56. The van der Waals surface area contributed by atoms with Gasteiger partial charge in [-0.1, -0.05) is 27.2 Å². The van der Waals surface area contributed by atoms with Gasteiger partial charge in [0, 0.05) is 6.54 Å². The maximum Gasteiger partial charge on any atom is 0.240 e. The molecule has 1 saturated heterocycles. The molecule has 3 heteroatoms. The van der Waals surface area contributed by atoms with Crippen LogP contribution in [0.2, 0.25) is 0 Å². The molecular weight excluding hydrogens is 224 g/mol. The average molecular weight is 252 g/mol. The average Bonchev–Trinajstić information content (AvgIpc) is 2.49. The molecule has 3 nitrogen and oxygen atoms in total. The van der Waals surface area contributed by atoms with Gasteiger partial charge < -0.3 is 4.90 Å². The van der Waals surface area contributed by atoms with Crippen LogP contribution >= 0.6 is 0 Å². The molecule has 1 heterocycles. The Bertz CT molecular complexity index is 304. The summed E-state index contributed by atoms with van der Waals surface area (Å²) in [5.74, 6) is 0.933. The van der Waals surface area contributed by atoms with Crippen LogP contribution in [0.15, 0.2) is 0 Å². The van der Waals surface area contributed by atoms with E-state index in [1.807, 2.05) is 6.92 Å². The molecule has 0 radical (unpaired) electrons. The van der Waals surface area contributed by atoms with Gasteiger partial charge in [0.1, 0.15) is 0 Å². The smallest absolute Gasteiger partial charge is 0.240 e. The van der Waals surface area contributed by atoms with Crippen molar-refractivity contribution in [2.75, 3.05) is 6.54 Å². The minimum absolute atomic E-state index is 0.00253. The Morgan fingerprint density at radius 1 is 1.44 bits per heavy atom. The van der Waals surface area contributed by atoms with E-state index in [2.05, 4.69) is 31.0 Å². The molecule has 2 aliphatic rings. The topological polar surface area (TPSA) is 32.3 Å². The van der Waals surface area contributed by atoms with Crippen LogP contribution < -0.4 is 5.32 Å². The first-order valence-electron chi connectivity index (χ1n) is 7.54. The van der Waals surface area contributed by atoms with Crippen molar-refractivity contribution < 1.29 is 4.79 Å². The largest absolute Gasteiger partial charge is 0.325 e. The van der Waals surface area contributed by atoms with Crippen molar-refractivity contribution in [2.45, 2.75) is 72.0 Å². The van der Waals surface area contributed by atoms with E-state index in [-0.39, 0.29) is 12.2 Å². The predicted molar refractivity (Wildman–Crippen MR) is 74.1 cm³/mol. The van der Waals surface area contributed by atoms with E-state index < -0.39 is 0 Å². The second-order valence-corrected chi connectivity index (χ2v) is 6.71. The lowest BCUT2D eigenvalue weighted by Crippen LogP contribution is -2.47. The summed E-state index contributed by atoms with van der Waals surface area (Å²) in [5, 5.41) is 3.46. The molecule has 1 N–H and O–H groups in total. The van der Waals surface area contributed by atoms with E-state index in [1.54, 1.807) is 0 Å². The molecule has 0 aromatic heterocycles. The third-order valence-corrected chi connectivity index (χ3v) is 4.84. The van der Waals surface area contributed by atoms with Crippen LogP contribution in [0, 0.1) is 11.3 Å². The normalized spacial score (nSPS) is 30.9. The van der Waals surface area contributed by atoms with Crippen molar-refractivity contribution in [3.63, 3.8) is 0 Å². The van der Waals surface area contributed by atoms with E-state index in [1.165, 1.54) is 25.7 Å². The number of hydrogen-bond donors (Lipinski definition) is 1. The molecule has 0 spiro atoms. The highest BCUT2D eigenvalue weighted by Gasteiger charge is 2.43. The van der Waals surface area contributed by atoms with Crippen molar-refractivity contribution >= 4 is 5.91 Å². The van der Waals surface area contributed by atoms with Gasteiger partial charge in [-0.05, 0) is 43.9 Å². The zero-order valence-corrected chi connectivity index (χ0v) is 12.3. The Hall–Kier alpha value is -0.570. The van der Waals surface area contributed by atoms with E-state index >= 15 is 0 Å². The Kier molecular flexibility index (Phi) is 4.00. The molecule has 2 fully saturated rings. The zero-order chi connectivity index (χ0) is 13.3. The summed E-state index contributed by atoms with van der Waals surface area (Å²) in [6.45, 7) is 9.69. The van der Waals surface area contributed by atoms with Crippen LogP contribution in [-0.2, 0) is 4.79 Å². The van der Waals surface area contributed by atoms with Gasteiger partial charge in [0.15, 0.2) is 0 Å². The summed E-state index contributed by atoms with van der Waals surface area (Å²) in [5.41, 5.74) is 0.427. The maximum absolute atomic E-state index is 12.3. The van der Waals surface area contributed by atoms with Gasteiger partial charge in [0.25, 0.3) is 0 Å². The standard InChI is InChI=1S/C15H28N2O/c1-5-15(7-6-8-15)10-17-13(9-11(2)3)16-12(4)14(17)18/h11-13,16H,5-10H2,1-4H3. The fourth-order valence-corrected chi connectivity index (χ4v) is 3.34. The Morgan fingerprint density at radius 3 is 2.56 bits per heavy atom. The molecular formula is C15H28N2O. The minimum atomic E-state index is 0.00253. The first-order valence-corrected chi connectivity index (χ1v) is 7.54. The molecule has 2 rings (SSSR count). The highest BCUT2D eigenvalue weighted by molar-refractivity contribution is 5.84. The summed E-state index contributed by atoms with van der Waals surface area (Å²) in [6, 6.07) is 0.00253. The van der Waals surface area contributed by atoms with Crippen LogP contribution in [0.5, 0.6) is 0 Å². The maximum atomic E-state index is 12.3. The number of rotatable bonds is 5. The van der Waals surface area contributed by atoms with Gasteiger partial charge in [0.2, 0.25) is 5.91 Å². The SMILES string of the molecule is CCC1(CN2C(=O)C(C)NC2CC(C)C)CCC1. The van der Waals surface area contributed by atoms with Gasteiger partial charge in [-0.15, -0.1) is 0 Å². The van der Waals surface area contributed by atoms with E-state index in [9.17, 15) is 4.79 Å². The molecule has 2 atom stereocenters. The fraction of sp³-hybridized carbons (Fsp3) is 0.933. The summed E-state index contributed by atoms with van der Waals surface area (Å²) < 4.78 is 0. The second-order valence-electron chi connectivity index (χ2n) is 6.71. The van der Waals surface area contributed by atoms with Gasteiger partial charge in [-0.25, -0.2) is 0 Å². The van der Waals surface area contributed by atoms with Crippen LogP contribution in [-0.4, -0.2) is 29.6 Å². The number of amides is 1. The molecule has 1 aliphatic heterocycles. The summed E-state index contributed by atoms with van der Waals surface area (Å²) in [4.78, 5) is 14.4. The van der Waals surface area contributed by atoms with Crippen molar-refractivity contribution in [3.05, 3.63) is 0 Å². The van der Waals surface area contributed by atoms with Gasteiger partial charge in [-0.2, -0.15) is 0 Å². The Morgan fingerprint density at radius 2 is 2.11 bits per heavy atom. The van der Waals surface area contributed by atoms with Crippen LogP contribution in [0.25, 0.3) is 0 Å². The van der Waals surface area contributed by atoms with Crippen LogP contribution in [0.3, 0.4) is 0 Å². The monoisotopic (exact) mass is 252 g/mol. The Balaban J connectivity index is 2.04. The quantitative estimate of drug-likeness (QED) is 0.816. The highest BCUT2D eigenvalue weighted by atomic mass is 16.2. The number of hydrogen-bond acceptors (Lipinski definition) is 2. The van der Waals surface area contributed by atoms with Crippen LogP contribution in [0.4, 0.5) is 0 Å². The number of carbonyl (C=O) groups is 1. The lowest BCUT2D eigenvalue weighted by molar-refractivity contribution is -0.132. The molecule has 1 saturated carbocycles. The van der Waals surface area contributed by atoms with Crippen molar-refractivity contribution in [2.24, 2.45) is 11.3 Å². The predicted octanol–water partition coefficient (Wildman–Crippen LogP) is 2.76. The van der Waals surface area contributed by atoms with Crippen molar-refractivity contribution in [1.29, 1.82) is 0 Å². The van der Waals surface area contributed by atoms with Gasteiger partial charge in [-0.3, -0.25) is 10.1 Å². The number of nitrogens with one attached hydrogen (secondary N) is 1. The van der Waals surface area contributed by atoms with E-state index in [4.69, 9.17) is 0 Å². The lowest BCUT2D eigenvalue weighted by Gasteiger charge is -2.45. The lowest BCUT2D eigenvalue weighted by atomic mass is 9.66. The van der Waals surface area contributed by atoms with Crippen LogP contribution in [0.1, 0.15) is 59.8 Å². The molecule has 104 valence electrons. The third-order valence-electron chi connectivity index (χ3n) is 4.84. The first-order chi connectivity index (χ1) is 8.47. The summed E-state index contributed by atoms with van der Waals surface area (Å²) in [7, 11) is 0. The summed E-state index contributed by atoms with van der Waals surface area (Å²) >= 11 is 0. The Labute approximate surface area is 111 Å². The first kappa shape index (κ1) is 13.9. The second kappa shape index (κ2) is 5.20. The van der Waals surface area contributed by atoms with E-state index in [0.717, 1.165) is 13.0 Å².